The number of ether oxygens (including phenoxy) is 2. The molecule has 1 heterocycles. The van der Waals surface area contributed by atoms with E-state index in [-0.39, 0.29) is 5.97 Å². The molecule has 5 nitrogen and oxygen atoms in total. The first-order chi connectivity index (χ1) is 16.8. The summed E-state index contributed by atoms with van der Waals surface area (Å²) in [6.07, 6.45) is 3.79. The highest BCUT2D eigenvalue weighted by Crippen LogP contribution is 2.30. The van der Waals surface area contributed by atoms with Crippen molar-refractivity contribution in [1.82, 2.24) is 4.98 Å². The molecule has 5 heteroatoms. The van der Waals surface area contributed by atoms with Crippen LogP contribution in [0.15, 0.2) is 95.4 Å². The zero-order valence-electron chi connectivity index (χ0n) is 19.2. The molecule has 0 amide bonds. The summed E-state index contributed by atoms with van der Waals surface area (Å²) in [6.45, 7) is 1.48. The first-order valence-electron chi connectivity index (χ1n) is 11.7. The highest BCUT2D eigenvalue weighted by Gasteiger charge is 2.16. The van der Waals surface area contributed by atoms with Crippen molar-refractivity contribution in [2.75, 3.05) is 13.2 Å². The molecule has 0 bridgehead atoms. The number of oxazole rings is 1. The van der Waals surface area contributed by atoms with E-state index in [4.69, 9.17) is 18.9 Å². The molecule has 0 aliphatic rings. The third kappa shape index (κ3) is 6.65. The van der Waals surface area contributed by atoms with Crippen molar-refractivity contribution in [2.24, 2.45) is 0 Å². The van der Waals surface area contributed by atoms with E-state index in [1.165, 1.54) is 0 Å². The summed E-state index contributed by atoms with van der Waals surface area (Å²) in [4.78, 5) is 16.6. The Hall–Kier alpha value is -3.70. The van der Waals surface area contributed by atoms with Gasteiger partial charge in [0.25, 0.3) is 0 Å². The maximum atomic E-state index is 11.9. The number of aromatic nitrogens is 1. The summed E-state index contributed by atoms with van der Waals surface area (Å²) in [5.74, 6) is 1.09. The molecule has 0 unspecified atom stereocenters. The maximum Gasteiger partial charge on any atom is 0.338 e. The molecule has 3 aromatic carbocycles. The number of hydrogen-bond acceptors (Lipinski definition) is 5. The Morgan fingerprint density at radius 2 is 1.29 bits per heavy atom. The number of unbranched alkanes of at least 4 members (excludes halogenated alkanes) is 3. The van der Waals surface area contributed by atoms with E-state index in [1.807, 2.05) is 78.9 Å². The number of carbonyl (C=O) groups is 1. The van der Waals surface area contributed by atoms with Crippen molar-refractivity contribution < 1.29 is 18.7 Å². The molecule has 174 valence electrons. The van der Waals surface area contributed by atoms with Crippen LogP contribution in [-0.2, 0) is 16.1 Å². The van der Waals surface area contributed by atoms with Crippen molar-refractivity contribution >= 4 is 5.97 Å². The summed E-state index contributed by atoms with van der Waals surface area (Å²) >= 11 is 0. The van der Waals surface area contributed by atoms with Gasteiger partial charge < -0.3 is 13.9 Å². The molecule has 0 fully saturated rings. The Morgan fingerprint density at radius 1 is 0.706 bits per heavy atom. The number of carbonyl (C=O) groups excluding carboxylic acids is 1. The Balaban J connectivity index is 1.20. The van der Waals surface area contributed by atoms with Crippen LogP contribution >= 0.6 is 0 Å². The van der Waals surface area contributed by atoms with Crippen LogP contribution in [0.3, 0.4) is 0 Å². The van der Waals surface area contributed by atoms with Gasteiger partial charge in [0, 0.05) is 17.7 Å². The molecule has 1 aromatic heterocycles. The molecule has 0 N–H and O–H groups in total. The lowest BCUT2D eigenvalue weighted by Gasteiger charge is -2.06. The number of benzene rings is 3. The normalized spacial score (nSPS) is 10.8. The van der Waals surface area contributed by atoms with Gasteiger partial charge in [-0.1, -0.05) is 73.2 Å². The second kappa shape index (κ2) is 12.5. The number of rotatable bonds is 12. The van der Waals surface area contributed by atoms with Gasteiger partial charge in [0.1, 0.15) is 5.69 Å². The fourth-order valence-corrected chi connectivity index (χ4v) is 3.62. The summed E-state index contributed by atoms with van der Waals surface area (Å²) in [5, 5.41) is 0. The minimum Gasteiger partial charge on any atom is -0.462 e. The van der Waals surface area contributed by atoms with E-state index >= 15 is 0 Å². The zero-order valence-corrected chi connectivity index (χ0v) is 19.2. The Labute approximate surface area is 200 Å². The Bertz CT molecular complexity index is 1140. The molecule has 0 spiro atoms. The van der Waals surface area contributed by atoms with E-state index in [0.29, 0.717) is 31.3 Å². The minimum absolute atomic E-state index is 0.263. The Morgan fingerprint density at radius 3 is 1.97 bits per heavy atom. The smallest absolute Gasteiger partial charge is 0.338 e. The number of esters is 1. The van der Waals surface area contributed by atoms with E-state index in [0.717, 1.165) is 48.3 Å². The van der Waals surface area contributed by atoms with Gasteiger partial charge in [0.2, 0.25) is 5.89 Å². The van der Waals surface area contributed by atoms with Gasteiger partial charge >= 0.3 is 5.97 Å². The predicted octanol–water partition coefficient (Wildman–Crippen LogP) is 6.94. The summed E-state index contributed by atoms with van der Waals surface area (Å²) in [7, 11) is 0. The minimum atomic E-state index is -0.263. The molecule has 0 saturated carbocycles. The molecule has 0 aliphatic heterocycles. The topological polar surface area (TPSA) is 61.6 Å². The van der Waals surface area contributed by atoms with Crippen LogP contribution in [0.25, 0.3) is 22.8 Å². The quantitative estimate of drug-likeness (QED) is 0.171. The van der Waals surface area contributed by atoms with Crippen LogP contribution in [0.1, 0.15) is 41.7 Å². The second-order valence-corrected chi connectivity index (χ2v) is 8.00. The van der Waals surface area contributed by atoms with Gasteiger partial charge in [0.15, 0.2) is 5.76 Å². The third-order valence-electron chi connectivity index (χ3n) is 5.42. The fourth-order valence-electron chi connectivity index (χ4n) is 3.62. The summed E-state index contributed by atoms with van der Waals surface area (Å²) < 4.78 is 17.4. The lowest BCUT2D eigenvalue weighted by atomic mass is 10.1. The van der Waals surface area contributed by atoms with Gasteiger partial charge in [-0.25, -0.2) is 9.78 Å². The molecular formula is C29H29NO4. The first-order valence-corrected chi connectivity index (χ1v) is 11.7. The molecule has 0 radical (unpaired) electrons. The van der Waals surface area contributed by atoms with Gasteiger partial charge in [-0.15, -0.1) is 0 Å². The van der Waals surface area contributed by atoms with Gasteiger partial charge in [0.05, 0.1) is 18.8 Å². The predicted molar refractivity (Wildman–Crippen MR) is 132 cm³/mol. The van der Waals surface area contributed by atoms with Gasteiger partial charge in [-0.2, -0.15) is 0 Å². The summed E-state index contributed by atoms with van der Waals surface area (Å²) in [5.41, 5.74) is 3.33. The molecule has 4 rings (SSSR count). The van der Waals surface area contributed by atoms with Crippen LogP contribution in [0.2, 0.25) is 0 Å². The summed E-state index contributed by atoms with van der Waals surface area (Å²) in [6, 6.07) is 29.0. The van der Waals surface area contributed by atoms with Crippen molar-refractivity contribution in [3.05, 3.63) is 102 Å². The fraction of sp³-hybridized carbons (Fsp3) is 0.241. The standard InChI is InChI=1S/C29H29NO4/c31-29(25-18-10-5-11-19-25)33-21-13-2-1-12-20-32-22-26-27(23-14-6-3-7-15-23)34-28(30-26)24-16-8-4-9-17-24/h3-11,14-19H,1-2,12-13,20-22H2. The lowest BCUT2D eigenvalue weighted by Crippen LogP contribution is -2.06. The molecule has 0 saturated heterocycles. The average Bonchev–Trinajstić information content (AvgIpc) is 3.33. The van der Waals surface area contributed by atoms with Crippen molar-refractivity contribution in [1.29, 1.82) is 0 Å². The van der Waals surface area contributed by atoms with Crippen molar-refractivity contribution in [2.45, 2.75) is 32.3 Å². The lowest BCUT2D eigenvalue weighted by molar-refractivity contribution is 0.0496. The van der Waals surface area contributed by atoms with E-state index < -0.39 is 0 Å². The third-order valence-corrected chi connectivity index (χ3v) is 5.42. The first kappa shape index (κ1) is 23.5. The van der Waals surface area contributed by atoms with Gasteiger partial charge in [-0.05, 0) is 43.5 Å². The van der Waals surface area contributed by atoms with Gasteiger partial charge in [-0.3, -0.25) is 0 Å². The highest BCUT2D eigenvalue weighted by molar-refractivity contribution is 5.89. The van der Waals surface area contributed by atoms with Crippen LogP contribution < -0.4 is 0 Å². The van der Waals surface area contributed by atoms with Crippen LogP contribution in [-0.4, -0.2) is 24.2 Å². The van der Waals surface area contributed by atoms with E-state index in [2.05, 4.69) is 0 Å². The van der Waals surface area contributed by atoms with Crippen LogP contribution in [0.5, 0.6) is 0 Å². The molecule has 0 aliphatic carbocycles. The van der Waals surface area contributed by atoms with Crippen molar-refractivity contribution in [3.63, 3.8) is 0 Å². The second-order valence-electron chi connectivity index (χ2n) is 8.00. The maximum absolute atomic E-state index is 11.9. The zero-order chi connectivity index (χ0) is 23.4. The molecular weight excluding hydrogens is 426 g/mol. The van der Waals surface area contributed by atoms with Crippen molar-refractivity contribution in [3.8, 4) is 22.8 Å². The SMILES string of the molecule is O=C(OCCCCCCOCc1nc(-c2ccccc2)oc1-c1ccccc1)c1ccccc1. The number of hydrogen-bond donors (Lipinski definition) is 0. The average molecular weight is 456 g/mol. The number of nitrogens with zero attached hydrogens (tertiary/aromatic N) is 1. The largest absolute Gasteiger partial charge is 0.462 e. The van der Waals surface area contributed by atoms with E-state index in [9.17, 15) is 4.79 Å². The highest BCUT2D eigenvalue weighted by atomic mass is 16.5. The van der Waals surface area contributed by atoms with Crippen LogP contribution in [0.4, 0.5) is 0 Å². The van der Waals surface area contributed by atoms with Crippen LogP contribution in [0, 0.1) is 0 Å². The molecule has 0 atom stereocenters. The molecule has 4 aromatic rings. The monoisotopic (exact) mass is 455 g/mol. The molecule has 34 heavy (non-hydrogen) atoms. The van der Waals surface area contributed by atoms with E-state index in [1.54, 1.807) is 12.1 Å². The Kier molecular flexibility index (Phi) is 8.64.